The van der Waals surface area contributed by atoms with Gasteiger partial charge in [0, 0.05) is 25.7 Å². The molecule has 1 heterocycles. The van der Waals surface area contributed by atoms with Crippen LogP contribution in [0, 0.1) is 0 Å². The Bertz CT molecular complexity index is 523. The van der Waals surface area contributed by atoms with Gasteiger partial charge in [0.25, 0.3) is 0 Å². The van der Waals surface area contributed by atoms with Gasteiger partial charge in [0.2, 0.25) is 0 Å². The quantitative estimate of drug-likeness (QED) is 0.630. The maximum absolute atomic E-state index is 11.9. The van der Waals surface area contributed by atoms with Crippen molar-refractivity contribution < 1.29 is 4.79 Å². The molecule has 1 saturated heterocycles. The molecule has 1 aliphatic rings. The predicted octanol–water partition coefficient (Wildman–Crippen LogP) is 3.20. The maximum atomic E-state index is 11.9. The Hall–Kier alpha value is -1.59. The lowest BCUT2D eigenvalue weighted by Gasteiger charge is -2.20. The molecule has 2 rings (SSSR count). The first-order valence-electron chi connectivity index (χ1n) is 10.1. The van der Waals surface area contributed by atoms with Crippen LogP contribution in [-0.4, -0.2) is 55.1 Å². The molecule has 5 nitrogen and oxygen atoms in total. The summed E-state index contributed by atoms with van der Waals surface area (Å²) in [6.45, 7) is 10.3. The number of rotatable bonds is 10. The van der Waals surface area contributed by atoms with Gasteiger partial charge in [0.05, 0.1) is 0 Å². The van der Waals surface area contributed by atoms with E-state index in [1.54, 1.807) is 0 Å². The molecule has 0 aliphatic carbocycles. The highest BCUT2D eigenvalue weighted by atomic mass is 16.2. The van der Waals surface area contributed by atoms with E-state index in [1.807, 2.05) is 0 Å². The number of nitrogens with zero attached hydrogens (tertiary/aromatic N) is 2. The fraction of sp³-hybridized carbons (Fsp3) is 0.667. The Morgan fingerprint density at radius 3 is 2.38 bits per heavy atom. The van der Waals surface area contributed by atoms with Crippen LogP contribution in [-0.2, 0) is 13.1 Å². The Morgan fingerprint density at radius 1 is 1.08 bits per heavy atom. The standard InChI is InChI=1S/C21H36N4O/c1-18(2)24(3)13-5-4-12-22-21(26)23-16-19-8-10-20(11-9-19)17-25-14-6-7-15-25/h8-11,18H,4-7,12-17H2,1-3H3,(H2,22,23,26). The third-order valence-electron chi connectivity index (χ3n) is 5.19. The summed E-state index contributed by atoms with van der Waals surface area (Å²) in [6.07, 6.45) is 4.76. The molecule has 2 N–H and O–H groups in total. The van der Waals surface area contributed by atoms with Crippen LogP contribution in [0.15, 0.2) is 24.3 Å². The molecular weight excluding hydrogens is 324 g/mol. The van der Waals surface area contributed by atoms with Gasteiger partial charge in [-0.2, -0.15) is 0 Å². The molecule has 0 spiro atoms. The van der Waals surface area contributed by atoms with Crippen LogP contribution in [0.1, 0.15) is 50.7 Å². The normalized spacial score (nSPS) is 15.0. The zero-order valence-electron chi connectivity index (χ0n) is 16.8. The largest absolute Gasteiger partial charge is 0.338 e. The number of carbonyl (C=O) groups is 1. The molecular formula is C21H36N4O. The van der Waals surface area contributed by atoms with E-state index in [4.69, 9.17) is 0 Å². The maximum Gasteiger partial charge on any atom is 0.315 e. The molecule has 146 valence electrons. The van der Waals surface area contributed by atoms with Gasteiger partial charge >= 0.3 is 6.03 Å². The number of likely N-dealkylation sites (tertiary alicyclic amines) is 1. The van der Waals surface area contributed by atoms with Gasteiger partial charge < -0.3 is 15.5 Å². The fourth-order valence-electron chi connectivity index (χ4n) is 3.15. The number of urea groups is 1. The number of nitrogens with one attached hydrogen (secondary N) is 2. The van der Waals surface area contributed by atoms with Crippen molar-refractivity contribution in [3.63, 3.8) is 0 Å². The average Bonchev–Trinajstić information content (AvgIpc) is 3.13. The monoisotopic (exact) mass is 360 g/mol. The number of carbonyl (C=O) groups excluding carboxylic acids is 1. The van der Waals surface area contributed by atoms with Gasteiger partial charge in [-0.15, -0.1) is 0 Å². The zero-order chi connectivity index (χ0) is 18.8. The van der Waals surface area contributed by atoms with Crippen LogP contribution in [0.5, 0.6) is 0 Å². The van der Waals surface area contributed by atoms with Gasteiger partial charge in [-0.05, 0) is 77.3 Å². The van der Waals surface area contributed by atoms with Crippen molar-refractivity contribution in [1.29, 1.82) is 0 Å². The Balaban J connectivity index is 1.57. The van der Waals surface area contributed by atoms with Gasteiger partial charge in [-0.1, -0.05) is 24.3 Å². The molecule has 0 saturated carbocycles. The molecule has 1 fully saturated rings. The average molecular weight is 361 g/mol. The zero-order valence-corrected chi connectivity index (χ0v) is 16.8. The van der Waals surface area contributed by atoms with Crippen molar-refractivity contribution >= 4 is 6.03 Å². The molecule has 26 heavy (non-hydrogen) atoms. The molecule has 0 aromatic heterocycles. The Kier molecular flexibility index (Phi) is 8.92. The van der Waals surface area contributed by atoms with E-state index < -0.39 is 0 Å². The van der Waals surface area contributed by atoms with Crippen LogP contribution in [0.3, 0.4) is 0 Å². The number of hydrogen-bond donors (Lipinski definition) is 2. The van der Waals surface area contributed by atoms with Crippen molar-refractivity contribution in [3.8, 4) is 0 Å². The third-order valence-corrected chi connectivity index (χ3v) is 5.19. The minimum absolute atomic E-state index is 0.0802. The topological polar surface area (TPSA) is 47.6 Å². The lowest BCUT2D eigenvalue weighted by Crippen LogP contribution is -2.36. The van der Waals surface area contributed by atoms with Gasteiger partial charge in [-0.3, -0.25) is 4.90 Å². The summed E-state index contributed by atoms with van der Waals surface area (Å²) in [5.41, 5.74) is 2.50. The minimum atomic E-state index is -0.0802. The second-order valence-electron chi connectivity index (χ2n) is 7.69. The summed E-state index contributed by atoms with van der Waals surface area (Å²) in [5.74, 6) is 0. The number of hydrogen-bond acceptors (Lipinski definition) is 3. The van der Waals surface area contributed by atoms with Crippen molar-refractivity contribution in [2.45, 2.75) is 58.7 Å². The van der Waals surface area contributed by atoms with E-state index in [0.717, 1.165) is 38.0 Å². The molecule has 0 bridgehead atoms. The molecule has 2 amide bonds. The second kappa shape index (κ2) is 11.2. The number of benzene rings is 1. The lowest BCUT2D eigenvalue weighted by molar-refractivity contribution is 0.239. The van der Waals surface area contributed by atoms with Crippen LogP contribution >= 0.6 is 0 Å². The summed E-state index contributed by atoms with van der Waals surface area (Å²) in [5, 5.41) is 5.88. The first-order valence-corrected chi connectivity index (χ1v) is 10.1. The molecule has 1 aliphatic heterocycles. The second-order valence-corrected chi connectivity index (χ2v) is 7.69. The Morgan fingerprint density at radius 2 is 1.73 bits per heavy atom. The van der Waals surface area contributed by atoms with E-state index >= 15 is 0 Å². The third kappa shape index (κ3) is 7.75. The summed E-state index contributed by atoms with van der Waals surface area (Å²) < 4.78 is 0. The summed E-state index contributed by atoms with van der Waals surface area (Å²) in [4.78, 5) is 16.7. The van der Waals surface area contributed by atoms with Crippen molar-refractivity contribution in [2.24, 2.45) is 0 Å². The first-order chi connectivity index (χ1) is 12.5. The predicted molar refractivity (Wildman–Crippen MR) is 108 cm³/mol. The van der Waals surface area contributed by atoms with Gasteiger partial charge in [0.1, 0.15) is 0 Å². The lowest BCUT2D eigenvalue weighted by atomic mass is 10.1. The van der Waals surface area contributed by atoms with E-state index in [1.165, 1.54) is 31.5 Å². The molecule has 1 aromatic carbocycles. The number of amides is 2. The smallest absolute Gasteiger partial charge is 0.315 e. The van der Waals surface area contributed by atoms with E-state index in [0.29, 0.717) is 12.6 Å². The van der Waals surface area contributed by atoms with Crippen LogP contribution in [0.4, 0.5) is 4.79 Å². The van der Waals surface area contributed by atoms with E-state index in [-0.39, 0.29) is 6.03 Å². The highest BCUT2D eigenvalue weighted by Crippen LogP contribution is 2.13. The molecule has 1 aromatic rings. The molecule has 0 radical (unpaired) electrons. The van der Waals surface area contributed by atoms with Gasteiger partial charge in [0.15, 0.2) is 0 Å². The van der Waals surface area contributed by atoms with Crippen LogP contribution < -0.4 is 10.6 Å². The summed E-state index contributed by atoms with van der Waals surface area (Å²) >= 11 is 0. The first kappa shape index (κ1) is 20.7. The molecule has 0 unspecified atom stereocenters. The highest BCUT2D eigenvalue weighted by Gasteiger charge is 2.11. The van der Waals surface area contributed by atoms with Crippen molar-refractivity contribution in [3.05, 3.63) is 35.4 Å². The van der Waals surface area contributed by atoms with E-state index in [9.17, 15) is 4.79 Å². The van der Waals surface area contributed by atoms with Crippen LogP contribution in [0.2, 0.25) is 0 Å². The highest BCUT2D eigenvalue weighted by molar-refractivity contribution is 5.73. The van der Waals surface area contributed by atoms with Crippen molar-refractivity contribution in [1.82, 2.24) is 20.4 Å². The summed E-state index contributed by atoms with van der Waals surface area (Å²) in [7, 11) is 2.14. The number of unbranched alkanes of at least 4 members (excludes halogenated alkanes) is 1. The Labute approximate surface area is 159 Å². The van der Waals surface area contributed by atoms with Crippen LogP contribution in [0.25, 0.3) is 0 Å². The van der Waals surface area contributed by atoms with Crippen molar-refractivity contribution in [2.75, 3.05) is 33.2 Å². The SMILES string of the molecule is CC(C)N(C)CCCCNC(=O)NCc1ccc(CN2CCCC2)cc1. The van der Waals surface area contributed by atoms with E-state index in [2.05, 4.69) is 65.6 Å². The minimum Gasteiger partial charge on any atom is -0.338 e. The molecule has 0 atom stereocenters. The summed E-state index contributed by atoms with van der Waals surface area (Å²) in [6, 6.07) is 9.09. The molecule has 5 heteroatoms. The fourth-order valence-corrected chi connectivity index (χ4v) is 3.15. The van der Waals surface area contributed by atoms with Gasteiger partial charge in [-0.25, -0.2) is 4.79 Å².